The van der Waals surface area contributed by atoms with Gasteiger partial charge in [0.1, 0.15) is 11.6 Å². The van der Waals surface area contributed by atoms with Gasteiger partial charge in [-0.25, -0.2) is 18.4 Å². The second-order valence-corrected chi connectivity index (χ2v) is 7.68. The molecule has 0 bridgehead atoms. The van der Waals surface area contributed by atoms with E-state index in [0.717, 1.165) is 5.56 Å². The molecule has 8 heteroatoms. The summed E-state index contributed by atoms with van der Waals surface area (Å²) >= 11 is 0. The molecule has 2 saturated heterocycles. The van der Waals surface area contributed by atoms with Crippen molar-refractivity contribution in [2.75, 3.05) is 31.5 Å². The summed E-state index contributed by atoms with van der Waals surface area (Å²) < 4.78 is 26.4. The fourth-order valence-corrected chi connectivity index (χ4v) is 4.05. The number of piperidine rings is 1. The molecule has 2 fully saturated rings. The molecular weight excluding hydrogens is 390 g/mol. The van der Waals surface area contributed by atoms with E-state index in [2.05, 4.69) is 5.32 Å². The highest BCUT2D eigenvalue weighted by atomic mass is 19.1. The van der Waals surface area contributed by atoms with Crippen LogP contribution >= 0.6 is 0 Å². The van der Waals surface area contributed by atoms with Gasteiger partial charge >= 0.3 is 12.1 Å². The molecule has 2 aromatic carbocycles. The maximum atomic E-state index is 13.3. The van der Waals surface area contributed by atoms with Crippen LogP contribution in [0, 0.1) is 11.6 Å². The molecule has 2 aromatic rings. The lowest BCUT2D eigenvalue weighted by atomic mass is 10.0. The van der Waals surface area contributed by atoms with Gasteiger partial charge in [-0.2, -0.15) is 0 Å². The molecule has 2 aliphatic rings. The van der Waals surface area contributed by atoms with Crippen molar-refractivity contribution in [1.82, 2.24) is 14.7 Å². The SMILES string of the molecule is O=C(Nc1cccc(F)c1)N1CCC(N2CCN(Cc3ccc(F)cc3)C2=O)CC1. The smallest absolute Gasteiger partial charge is 0.321 e. The molecule has 0 atom stereocenters. The van der Waals surface area contributed by atoms with Gasteiger partial charge in [0.25, 0.3) is 0 Å². The minimum absolute atomic E-state index is 0.0120. The van der Waals surface area contributed by atoms with Gasteiger partial charge in [0.15, 0.2) is 0 Å². The average molecular weight is 414 g/mol. The van der Waals surface area contributed by atoms with Crippen LogP contribution < -0.4 is 5.32 Å². The van der Waals surface area contributed by atoms with Gasteiger partial charge < -0.3 is 20.0 Å². The van der Waals surface area contributed by atoms with E-state index in [1.54, 1.807) is 34.1 Å². The number of urea groups is 2. The summed E-state index contributed by atoms with van der Waals surface area (Å²) in [5, 5.41) is 2.72. The zero-order valence-corrected chi connectivity index (χ0v) is 16.6. The van der Waals surface area contributed by atoms with Crippen LogP contribution in [0.5, 0.6) is 0 Å². The normalized spacial score (nSPS) is 17.5. The minimum atomic E-state index is -0.399. The molecule has 0 aliphatic carbocycles. The van der Waals surface area contributed by atoms with E-state index in [0.29, 0.717) is 51.3 Å². The van der Waals surface area contributed by atoms with Crippen molar-refractivity contribution in [2.24, 2.45) is 0 Å². The van der Waals surface area contributed by atoms with Crippen LogP contribution in [0.3, 0.4) is 0 Å². The number of nitrogens with one attached hydrogen (secondary N) is 1. The highest BCUT2D eigenvalue weighted by molar-refractivity contribution is 5.89. The Morgan fingerprint density at radius 2 is 1.70 bits per heavy atom. The van der Waals surface area contributed by atoms with E-state index in [9.17, 15) is 18.4 Å². The molecule has 4 rings (SSSR count). The number of nitrogens with zero attached hydrogens (tertiary/aromatic N) is 3. The van der Waals surface area contributed by atoms with Crippen molar-refractivity contribution in [3.05, 3.63) is 65.7 Å². The van der Waals surface area contributed by atoms with Crippen LogP contribution in [0.2, 0.25) is 0 Å². The van der Waals surface area contributed by atoms with Gasteiger partial charge in [-0.3, -0.25) is 0 Å². The summed E-state index contributed by atoms with van der Waals surface area (Å²) in [6.45, 7) is 2.82. The number of hydrogen-bond acceptors (Lipinski definition) is 2. The predicted octanol–water partition coefficient (Wildman–Crippen LogP) is 3.90. The molecule has 0 aromatic heterocycles. The van der Waals surface area contributed by atoms with Gasteiger partial charge in [0.2, 0.25) is 0 Å². The first-order chi connectivity index (χ1) is 14.5. The van der Waals surface area contributed by atoms with Crippen LogP contribution in [0.1, 0.15) is 18.4 Å². The highest BCUT2D eigenvalue weighted by Gasteiger charge is 2.36. The molecule has 1 N–H and O–H groups in total. The zero-order chi connectivity index (χ0) is 21.1. The Balaban J connectivity index is 1.28. The Bertz CT molecular complexity index is 914. The van der Waals surface area contributed by atoms with E-state index in [4.69, 9.17) is 0 Å². The summed E-state index contributed by atoms with van der Waals surface area (Å²) in [6, 6.07) is 11.8. The van der Waals surface area contributed by atoms with Gasteiger partial charge in [-0.15, -0.1) is 0 Å². The lowest BCUT2D eigenvalue weighted by Crippen LogP contribution is -2.49. The molecule has 6 nitrogen and oxygen atoms in total. The second kappa shape index (κ2) is 8.69. The van der Waals surface area contributed by atoms with Crippen molar-refractivity contribution in [1.29, 1.82) is 0 Å². The summed E-state index contributed by atoms with van der Waals surface area (Å²) in [5.41, 5.74) is 1.32. The summed E-state index contributed by atoms with van der Waals surface area (Å²) in [5.74, 6) is -0.689. The molecule has 2 heterocycles. The fraction of sp³-hybridized carbons (Fsp3) is 0.364. The van der Waals surface area contributed by atoms with Crippen molar-refractivity contribution in [3.63, 3.8) is 0 Å². The zero-order valence-electron chi connectivity index (χ0n) is 16.6. The van der Waals surface area contributed by atoms with Crippen LogP contribution in [0.4, 0.5) is 24.1 Å². The molecule has 0 spiro atoms. The number of carbonyl (C=O) groups is 2. The molecule has 4 amide bonds. The summed E-state index contributed by atoms with van der Waals surface area (Å²) in [6.07, 6.45) is 1.40. The molecule has 158 valence electrons. The molecule has 0 saturated carbocycles. The molecule has 0 unspecified atom stereocenters. The Hall–Kier alpha value is -3.16. The van der Waals surface area contributed by atoms with Gasteiger partial charge in [-0.05, 0) is 48.7 Å². The highest BCUT2D eigenvalue weighted by Crippen LogP contribution is 2.23. The second-order valence-electron chi connectivity index (χ2n) is 7.68. The Kier molecular flexibility index (Phi) is 5.83. The van der Waals surface area contributed by atoms with E-state index < -0.39 is 5.82 Å². The summed E-state index contributed by atoms with van der Waals surface area (Å²) in [7, 11) is 0. The van der Waals surface area contributed by atoms with Gasteiger partial charge in [0.05, 0.1) is 0 Å². The predicted molar refractivity (Wildman–Crippen MR) is 109 cm³/mol. The van der Waals surface area contributed by atoms with Crippen LogP contribution in [-0.4, -0.2) is 59.0 Å². The molecule has 0 radical (unpaired) electrons. The van der Waals surface area contributed by atoms with Gasteiger partial charge in [0, 0.05) is 44.5 Å². The van der Waals surface area contributed by atoms with Crippen molar-refractivity contribution < 1.29 is 18.4 Å². The third-order valence-electron chi connectivity index (χ3n) is 5.68. The first kappa shape index (κ1) is 20.1. The first-order valence-electron chi connectivity index (χ1n) is 10.1. The number of halogens is 2. The van der Waals surface area contributed by atoms with Crippen LogP contribution in [-0.2, 0) is 6.54 Å². The van der Waals surface area contributed by atoms with E-state index >= 15 is 0 Å². The van der Waals surface area contributed by atoms with E-state index in [1.165, 1.54) is 24.3 Å². The number of likely N-dealkylation sites (tertiary alicyclic amines) is 1. The average Bonchev–Trinajstić information content (AvgIpc) is 3.10. The Labute approximate surface area is 174 Å². The number of anilines is 1. The number of benzene rings is 2. The standard InChI is InChI=1S/C22H24F2N4O2/c23-17-6-4-16(5-7-17)15-27-12-13-28(22(27)30)20-8-10-26(11-9-20)21(29)25-19-3-1-2-18(24)14-19/h1-7,14,20H,8-13,15H2,(H,25,29). The molecular formula is C22H24F2N4O2. The monoisotopic (exact) mass is 414 g/mol. The van der Waals surface area contributed by atoms with Crippen molar-refractivity contribution >= 4 is 17.7 Å². The quantitative estimate of drug-likeness (QED) is 0.825. The number of amides is 4. The van der Waals surface area contributed by atoms with Gasteiger partial charge in [-0.1, -0.05) is 18.2 Å². The minimum Gasteiger partial charge on any atom is -0.324 e. The van der Waals surface area contributed by atoms with E-state index in [-0.39, 0.29) is 23.9 Å². The number of carbonyl (C=O) groups excluding carboxylic acids is 2. The largest absolute Gasteiger partial charge is 0.324 e. The third kappa shape index (κ3) is 4.53. The number of rotatable bonds is 4. The lowest BCUT2D eigenvalue weighted by Gasteiger charge is -2.36. The lowest BCUT2D eigenvalue weighted by molar-refractivity contribution is 0.139. The van der Waals surface area contributed by atoms with Crippen molar-refractivity contribution in [2.45, 2.75) is 25.4 Å². The molecule has 30 heavy (non-hydrogen) atoms. The Morgan fingerprint density at radius 3 is 2.40 bits per heavy atom. The fourth-order valence-electron chi connectivity index (χ4n) is 4.05. The van der Waals surface area contributed by atoms with Crippen molar-refractivity contribution in [3.8, 4) is 0 Å². The van der Waals surface area contributed by atoms with Crippen LogP contribution in [0.15, 0.2) is 48.5 Å². The Morgan fingerprint density at radius 1 is 0.967 bits per heavy atom. The third-order valence-corrected chi connectivity index (χ3v) is 5.68. The van der Waals surface area contributed by atoms with Crippen LogP contribution in [0.25, 0.3) is 0 Å². The topological polar surface area (TPSA) is 55.9 Å². The van der Waals surface area contributed by atoms with E-state index in [1.807, 2.05) is 4.90 Å². The maximum absolute atomic E-state index is 13.3. The maximum Gasteiger partial charge on any atom is 0.321 e. The number of hydrogen-bond donors (Lipinski definition) is 1. The molecule has 2 aliphatic heterocycles. The first-order valence-corrected chi connectivity index (χ1v) is 10.1. The summed E-state index contributed by atoms with van der Waals surface area (Å²) in [4.78, 5) is 30.6.